The van der Waals surface area contributed by atoms with Crippen molar-refractivity contribution in [2.75, 3.05) is 43.4 Å². The maximum Gasteiger partial charge on any atom is 0.267 e. The van der Waals surface area contributed by atoms with Crippen LogP contribution in [0.3, 0.4) is 0 Å². The number of rotatable bonds is 4. The van der Waals surface area contributed by atoms with Crippen molar-refractivity contribution in [3.05, 3.63) is 51.8 Å². The van der Waals surface area contributed by atoms with Gasteiger partial charge in [0.25, 0.3) is 5.56 Å². The summed E-state index contributed by atoms with van der Waals surface area (Å²) in [5, 5.41) is 9.11. The van der Waals surface area contributed by atoms with Crippen LogP contribution < -0.4 is 10.5 Å². The Labute approximate surface area is 173 Å². The lowest BCUT2D eigenvalue weighted by molar-refractivity contribution is 0.242. The van der Waals surface area contributed by atoms with Gasteiger partial charge in [0.2, 0.25) is 0 Å². The number of piperazine rings is 1. The van der Waals surface area contributed by atoms with Crippen LogP contribution in [0.1, 0.15) is 17.0 Å². The highest BCUT2D eigenvalue weighted by Gasteiger charge is 2.21. The summed E-state index contributed by atoms with van der Waals surface area (Å²) in [6.07, 6.45) is 4.67. The molecule has 0 aliphatic carbocycles. The van der Waals surface area contributed by atoms with Gasteiger partial charge in [0.05, 0.1) is 17.9 Å². The molecule has 0 N–H and O–H groups in total. The molecule has 3 aromatic rings. The molecule has 5 rings (SSSR count). The lowest BCUT2D eigenvalue weighted by atomic mass is 10.2. The predicted octanol–water partition coefficient (Wildman–Crippen LogP) is 1.21. The highest BCUT2D eigenvalue weighted by Crippen LogP contribution is 2.22. The van der Waals surface area contributed by atoms with Gasteiger partial charge in [0.15, 0.2) is 5.82 Å². The first-order valence-corrected chi connectivity index (χ1v) is 11.3. The molecular weight excluding hydrogens is 386 g/mol. The third kappa shape index (κ3) is 3.76. The molecule has 8 nitrogen and oxygen atoms in total. The molecule has 0 bridgehead atoms. The highest BCUT2D eigenvalue weighted by atomic mass is 32.2. The van der Waals surface area contributed by atoms with Gasteiger partial charge in [-0.05, 0) is 24.3 Å². The Kier molecular flexibility index (Phi) is 5.01. The second-order valence-electron chi connectivity index (χ2n) is 7.68. The van der Waals surface area contributed by atoms with E-state index in [0.29, 0.717) is 6.54 Å². The average molecular weight is 412 g/mol. The summed E-state index contributed by atoms with van der Waals surface area (Å²) in [7, 11) is 0. The van der Waals surface area contributed by atoms with Crippen LogP contribution >= 0.6 is 11.8 Å². The summed E-state index contributed by atoms with van der Waals surface area (Å²) in [4.78, 5) is 21.7. The van der Waals surface area contributed by atoms with E-state index in [2.05, 4.69) is 31.0 Å². The summed E-state index contributed by atoms with van der Waals surface area (Å²) in [6.45, 7) is 7.23. The summed E-state index contributed by atoms with van der Waals surface area (Å²) in [5.74, 6) is 3.01. The fourth-order valence-electron chi connectivity index (χ4n) is 4.11. The maximum atomic E-state index is 12.4. The van der Waals surface area contributed by atoms with Crippen LogP contribution in [0.2, 0.25) is 0 Å². The van der Waals surface area contributed by atoms with Crippen LogP contribution in [0.15, 0.2) is 29.3 Å². The smallest absolute Gasteiger partial charge is 0.267 e. The van der Waals surface area contributed by atoms with E-state index in [-0.39, 0.29) is 5.56 Å². The third-order valence-corrected chi connectivity index (χ3v) is 6.70. The van der Waals surface area contributed by atoms with Crippen LogP contribution in [0.25, 0.3) is 5.52 Å². The molecule has 1 saturated heterocycles. The Balaban J connectivity index is 1.22. The summed E-state index contributed by atoms with van der Waals surface area (Å²) in [5.41, 5.74) is 4.30. The van der Waals surface area contributed by atoms with E-state index < -0.39 is 0 Å². The zero-order valence-corrected chi connectivity index (χ0v) is 17.4. The molecule has 29 heavy (non-hydrogen) atoms. The molecule has 2 aliphatic rings. The first-order chi connectivity index (χ1) is 14.2. The Morgan fingerprint density at radius 2 is 1.97 bits per heavy atom. The highest BCUT2D eigenvalue weighted by molar-refractivity contribution is 7.98. The molecule has 0 spiro atoms. The minimum atomic E-state index is 0.0249. The Morgan fingerprint density at radius 3 is 2.83 bits per heavy atom. The molecule has 0 amide bonds. The molecule has 0 unspecified atom stereocenters. The van der Waals surface area contributed by atoms with Crippen LogP contribution in [-0.2, 0) is 18.7 Å². The standard InChI is InChI=1S/C20H25N7OS/c1-15-12-18-20(21-3-4-26(18)22-15)25-8-5-24(6-9-25)7-10-27-19(28)13-16-14-29-11-2-17(16)23-27/h3-4,12-13H,2,5-11,14H2,1H3. The first-order valence-electron chi connectivity index (χ1n) is 10.1. The largest absolute Gasteiger partial charge is 0.352 e. The van der Waals surface area contributed by atoms with Gasteiger partial charge in [-0.3, -0.25) is 9.69 Å². The van der Waals surface area contributed by atoms with Gasteiger partial charge in [0, 0.05) is 63.4 Å². The zero-order valence-electron chi connectivity index (χ0n) is 16.6. The topological polar surface area (TPSA) is 71.6 Å². The summed E-state index contributed by atoms with van der Waals surface area (Å²) < 4.78 is 3.55. The monoisotopic (exact) mass is 411 g/mol. The lowest BCUT2D eigenvalue weighted by Gasteiger charge is -2.35. The number of thioether (sulfide) groups is 1. The lowest BCUT2D eigenvalue weighted by Crippen LogP contribution is -2.48. The quantitative estimate of drug-likeness (QED) is 0.639. The number of hydrogen-bond acceptors (Lipinski definition) is 7. The van der Waals surface area contributed by atoms with E-state index in [0.717, 1.165) is 78.9 Å². The van der Waals surface area contributed by atoms with Crippen molar-refractivity contribution in [2.45, 2.75) is 25.6 Å². The number of hydrogen-bond donors (Lipinski definition) is 0. The van der Waals surface area contributed by atoms with Gasteiger partial charge in [-0.25, -0.2) is 14.2 Å². The summed E-state index contributed by atoms with van der Waals surface area (Å²) in [6, 6.07) is 3.87. The van der Waals surface area contributed by atoms with Gasteiger partial charge < -0.3 is 4.90 Å². The number of aromatic nitrogens is 5. The average Bonchev–Trinajstić information content (AvgIpc) is 3.13. The van der Waals surface area contributed by atoms with Crippen LogP contribution in [0, 0.1) is 6.92 Å². The summed E-state index contributed by atoms with van der Waals surface area (Å²) >= 11 is 1.88. The van der Waals surface area contributed by atoms with Crippen molar-refractivity contribution in [2.24, 2.45) is 0 Å². The van der Waals surface area contributed by atoms with Gasteiger partial charge in [-0.2, -0.15) is 22.0 Å². The van der Waals surface area contributed by atoms with Crippen molar-refractivity contribution in [1.82, 2.24) is 29.3 Å². The minimum absolute atomic E-state index is 0.0249. The van der Waals surface area contributed by atoms with E-state index in [1.807, 2.05) is 35.6 Å². The van der Waals surface area contributed by atoms with Gasteiger partial charge >= 0.3 is 0 Å². The molecule has 152 valence electrons. The van der Waals surface area contributed by atoms with Gasteiger partial charge in [0.1, 0.15) is 5.52 Å². The van der Waals surface area contributed by atoms with Crippen molar-refractivity contribution in [3.63, 3.8) is 0 Å². The van der Waals surface area contributed by atoms with Crippen LogP contribution in [0.4, 0.5) is 5.82 Å². The second-order valence-corrected chi connectivity index (χ2v) is 8.78. The molecular formula is C20H25N7OS. The normalized spacial score (nSPS) is 17.6. The Hall–Kier alpha value is -2.39. The molecule has 5 heterocycles. The fourth-order valence-corrected chi connectivity index (χ4v) is 5.06. The van der Waals surface area contributed by atoms with Crippen molar-refractivity contribution in [1.29, 1.82) is 0 Å². The van der Waals surface area contributed by atoms with E-state index in [1.54, 1.807) is 10.7 Å². The molecule has 3 aromatic heterocycles. The molecule has 0 saturated carbocycles. The minimum Gasteiger partial charge on any atom is -0.352 e. The first kappa shape index (κ1) is 18.6. The molecule has 0 radical (unpaired) electrons. The van der Waals surface area contributed by atoms with E-state index in [1.165, 1.54) is 0 Å². The third-order valence-electron chi connectivity index (χ3n) is 5.70. The number of aryl methyl sites for hydroxylation is 2. The molecule has 0 atom stereocenters. The molecule has 1 fully saturated rings. The van der Waals surface area contributed by atoms with Crippen molar-refractivity contribution in [3.8, 4) is 0 Å². The zero-order chi connectivity index (χ0) is 19.8. The van der Waals surface area contributed by atoms with Gasteiger partial charge in [-0.15, -0.1) is 0 Å². The van der Waals surface area contributed by atoms with E-state index >= 15 is 0 Å². The SMILES string of the molecule is Cc1cc2c(N3CCN(CCn4nc5c(cc4=O)CSCC5)CC3)nccn2n1. The second kappa shape index (κ2) is 7.79. The number of nitrogens with zero attached hydrogens (tertiary/aromatic N) is 7. The van der Waals surface area contributed by atoms with Crippen molar-refractivity contribution >= 4 is 23.1 Å². The Morgan fingerprint density at radius 1 is 1.10 bits per heavy atom. The predicted molar refractivity (Wildman–Crippen MR) is 115 cm³/mol. The van der Waals surface area contributed by atoms with Crippen molar-refractivity contribution < 1.29 is 0 Å². The van der Waals surface area contributed by atoms with Crippen LogP contribution in [0.5, 0.6) is 0 Å². The van der Waals surface area contributed by atoms with Crippen LogP contribution in [-0.4, -0.2) is 67.8 Å². The number of anilines is 1. The van der Waals surface area contributed by atoms with E-state index in [9.17, 15) is 4.79 Å². The molecule has 0 aromatic carbocycles. The molecule has 9 heteroatoms. The number of fused-ring (bicyclic) bond motifs is 2. The van der Waals surface area contributed by atoms with Gasteiger partial charge in [-0.1, -0.05) is 0 Å². The Bertz CT molecular complexity index is 1080. The maximum absolute atomic E-state index is 12.4. The molecule has 2 aliphatic heterocycles. The fraction of sp³-hybridized carbons (Fsp3) is 0.500. The van der Waals surface area contributed by atoms with E-state index in [4.69, 9.17) is 0 Å².